The van der Waals surface area contributed by atoms with Crippen LogP contribution in [0.2, 0.25) is 0 Å². The van der Waals surface area contributed by atoms with Gasteiger partial charge in [0, 0.05) is 61.2 Å². The minimum atomic E-state index is -1.40. The minimum Gasteiger partial charge on any atom is -0.504 e. The van der Waals surface area contributed by atoms with Gasteiger partial charge in [-0.3, -0.25) is 4.57 Å². The molecule has 3 aromatic heterocycles. The van der Waals surface area contributed by atoms with Crippen LogP contribution in [0.25, 0.3) is 101 Å². The summed E-state index contributed by atoms with van der Waals surface area (Å²) in [5.41, 5.74) is 0.119. The molecule has 1 aliphatic rings. The summed E-state index contributed by atoms with van der Waals surface area (Å²) in [5.74, 6) is -13.6. The van der Waals surface area contributed by atoms with Crippen molar-refractivity contribution in [3.8, 4) is 121 Å². The van der Waals surface area contributed by atoms with E-state index >= 15 is 0 Å². The summed E-state index contributed by atoms with van der Waals surface area (Å²) in [6, 6.07) is 31.7. The predicted octanol–water partition coefficient (Wildman–Crippen LogP) is 9.41. The van der Waals surface area contributed by atoms with Gasteiger partial charge in [0.2, 0.25) is 34.5 Å². The number of aliphatic hydroxyl groups is 3. The average Bonchev–Trinajstić information content (AvgIpc) is 4.00. The average molecular weight is 1030 g/mol. The van der Waals surface area contributed by atoms with Crippen LogP contribution in [-0.4, -0.2) is 85.9 Å². The zero-order valence-corrected chi connectivity index (χ0v) is 40.0. The van der Waals surface area contributed by atoms with Crippen LogP contribution in [0.4, 0.5) is 0 Å². The molecular weight excluding hydrogens is 989 g/mol. The van der Waals surface area contributed by atoms with E-state index < -0.39 is 114 Å². The summed E-state index contributed by atoms with van der Waals surface area (Å²) >= 11 is 0. The summed E-state index contributed by atoms with van der Waals surface area (Å²) in [4.78, 5) is 14.8. The number of aromatic nitrogens is 4. The fraction of sp³-hybridized carbons (Fsp3) is 0.0339. The second-order valence-corrected chi connectivity index (χ2v) is 17.7. The molecule has 0 atom stereocenters. The highest BCUT2D eigenvalue weighted by molar-refractivity contribution is 6.25. The first-order valence-electron chi connectivity index (χ1n) is 23.3. The zero-order chi connectivity index (χ0) is 54.5. The molecule has 0 bridgehead atoms. The monoisotopic (exact) mass is 1030 g/mol. The molecule has 0 saturated heterocycles. The van der Waals surface area contributed by atoms with Gasteiger partial charge in [0.15, 0.2) is 57.7 Å². The number of allylic oxidation sites excluding steroid dienone is 3. The fourth-order valence-corrected chi connectivity index (χ4v) is 10.1. The number of nitrogens with zero attached hydrogens (tertiary/aromatic N) is 4. The molecule has 11 rings (SSSR count). The number of phenolic OH excluding ortho intramolecular Hbond substituents is 10. The molecule has 77 heavy (non-hydrogen) atoms. The molecular formula is C59H40N4O14. The standard InChI is InChI=1S/C59H40N4O14/c1-4-29-31-18-13-19-32(56(31)77-55(29)30(5-2)59-61-57(27-16-11-8-12-17-27)60-58(62-59)28-22-20-26(21-23-28)25-14-9-7-10-15-25)36-33-24-34(43(65)44(66)35(64)6-3)38-39-37(33)40(47(69)45(36)67)63(41(39)48(70)51(73)46(38)68)42-49(71)52(74)54(76)53(75)50(42)72/h3-5,7-23,64-76H,2,24H2,1H3/b29-4-,43-34-,44-35-,55-30-. The second-order valence-electron chi connectivity index (χ2n) is 17.7. The van der Waals surface area contributed by atoms with Gasteiger partial charge in [0.1, 0.15) is 27.7 Å². The smallest absolute Gasteiger partial charge is 0.213 e. The van der Waals surface area contributed by atoms with Crippen LogP contribution in [0.3, 0.4) is 0 Å². The molecule has 1 aliphatic carbocycles. The third kappa shape index (κ3) is 7.02. The van der Waals surface area contributed by atoms with Crippen molar-refractivity contribution in [1.29, 1.82) is 0 Å². The first-order valence-corrected chi connectivity index (χ1v) is 23.3. The number of terminal acetylenes is 1. The quantitative estimate of drug-likeness (QED) is 0.0292. The van der Waals surface area contributed by atoms with Crippen molar-refractivity contribution in [3.63, 3.8) is 0 Å². The lowest BCUT2D eigenvalue weighted by Crippen LogP contribution is -2.23. The van der Waals surface area contributed by atoms with E-state index in [1.807, 2.05) is 84.9 Å². The number of phenols is 10. The Morgan fingerprint density at radius 2 is 1.12 bits per heavy atom. The number of para-hydroxylation sites is 1. The van der Waals surface area contributed by atoms with Gasteiger partial charge < -0.3 is 70.8 Å². The lowest BCUT2D eigenvalue weighted by atomic mass is 9.81. The third-order valence-electron chi connectivity index (χ3n) is 13.6. The molecule has 0 spiro atoms. The Morgan fingerprint density at radius 1 is 0.597 bits per heavy atom. The highest BCUT2D eigenvalue weighted by Crippen LogP contribution is 2.62. The third-order valence-corrected chi connectivity index (χ3v) is 13.6. The molecule has 0 amide bonds. The first-order chi connectivity index (χ1) is 37.0. The molecule has 0 aliphatic heterocycles. The number of aromatic hydroxyl groups is 10. The molecule has 0 unspecified atom stereocenters. The summed E-state index contributed by atoms with van der Waals surface area (Å²) < 4.78 is 7.45. The Hall–Kier alpha value is -11.2. The van der Waals surface area contributed by atoms with Crippen LogP contribution < -0.4 is 10.6 Å². The van der Waals surface area contributed by atoms with Crippen molar-refractivity contribution >= 4 is 50.0 Å². The van der Waals surface area contributed by atoms with Crippen molar-refractivity contribution in [2.75, 3.05) is 0 Å². The molecule has 18 nitrogen and oxygen atoms in total. The van der Waals surface area contributed by atoms with Crippen LogP contribution in [0.1, 0.15) is 23.9 Å². The molecule has 10 aromatic rings. The maximum absolute atomic E-state index is 12.5. The topological polar surface area (TPSA) is 320 Å². The van der Waals surface area contributed by atoms with E-state index in [0.717, 1.165) is 11.1 Å². The summed E-state index contributed by atoms with van der Waals surface area (Å²) in [7, 11) is 0. The Kier molecular flexibility index (Phi) is 11.1. The van der Waals surface area contributed by atoms with Gasteiger partial charge >= 0.3 is 0 Å². The number of benzene rings is 7. The maximum Gasteiger partial charge on any atom is 0.213 e. The molecule has 7 aromatic carbocycles. The largest absolute Gasteiger partial charge is 0.504 e. The van der Waals surface area contributed by atoms with Crippen molar-refractivity contribution in [1.82, 2.24) is 19.5 Å². The van der Waals surface area contributed by atoms with Gasteiger partial charge in [-0.15, -0.1) is 6.42 Å². The van der Waals surface area contributed by atoms with Gasteiger partial charge in [0.05, 0.1) is 5.57 Å². The fourth-order valence-electron chi connectivity index (χ4n) is 10.1. The van der Waals surface area contributed by atoms with E-state index in [0.29, 0.717) is 43.5 Å². The van der Waals surface area contributed by atoms with Gasteiger partial charge in [-0.25, -0.2) is 15.0 Å². The van der Waals surface area contributed by atoms with Gasteiger partial charge in [-0.2, -0.15) is 0 Å². The molecule has 0 radical (unpaired) electrons. The van der Waals surface area contributed by atoms with Crippen molar-refractivity contribution in [2.45, 2.75) is 13.3 Å². The number of hydrogen-bond donors (Lipinski definition) is 13. The van der Waals surface area contributed by atoms with Gasteiger partial charge in [0.25, 0.3) is 0 Å². The van der Waals surface area contributed by atoms with Crippen LogP contribution in [-0.2, 0) is 6.42 Å². The Labute approximate surface area is 433 Å². The number of furan rings is 1. The highest BCUT2D eigenvalue weighted by atomic mass is 16.4. The van der Waals surface area contributed by atoms with E-state index in [1.165, 1.54) is 12.1 Å². The predicted molar refractivity (Wildman–Crippen MR) is 285 cm³/mol. The minimum absolute atomic E-state index is 0.0528. The molecule has 0 saturated carbocycles. The molecule has 13 N–H and O–H groups in total. The number of aliphatic hydroxyl groups excluding tert-OH is 3. The van der Waals surface area contributed by atoms with Crippen LogP contribution >= 0.6 is 0 Å². The van der Waals surface area contributed by atoms with Crippen LogP contribution in [0.15, 0.2) is 137 Å². The molecule has 380 valence electrons. The molecule has 3 heterocycles. The highest BCUT2D eigenvalue weighted by Gasteiger charge is 2.40. The van der Waals surface area contributed by atoms with Crippen LogP contribution in [0, 0.1) is 12.3 Å². The summed E-state index contributed by atoms with van der Waals surface area (Å²) in [5, 5.41) is 148. The number of fused-ring (bicyclic) bond motifs is 1. The van der Waals surface area contributed by atoms with Crippen molar-refractivity contribution < 1.29 is 70.8 Å². The molecule has 18 heteroatoms. The van der Waals surface area contributed by atoms with E-state index in [2.05, 4.69) is 6.58 Å². The second kappa shape index (κ2) is 17.8. The van der Waals surface area contributed by atoms with Crippen LogP contribution in [0.5, 0.6) is 57.5 Å². The van der Waals surface area contributed by atoms with Crippen molar-refractivity contribution in [2.24, 2.45) is 0 Å². The van der Waals surface area contributed by atoms with E-state index in [9.17, 15) is 66.4 Å². The lowest BCUT2D eigenvalue weighted by molar-refractivity contribution is 0.294. The Morgan fingerprint density at radius 3 is 1.71 bits per heavy atom. The zero-order valence-electron chi connectivity index (χ0n) is 40.0. The Balaban J connectivity index is 1.24. The van der Waals surface area contributed by atoms with E-state index in [1.54, 1.807) is 31.1 Å². The normalized spacial score (nSPS) is 13.8. The van der Waals surface area contributed by atoms with Crippen molar-refractivity contribution in [3.05, 3.63) is 161 Å². The summed E-state index contributed by atoms with van der Waals surface area (Å²) in [6.07, 6.45) is 7.94. The first kappa shape index (κ1) is 48.1. The lowest BCUT2D eigenvalue weighted by Gasteiger charge is -2.23. The van der Waals surface area contributed by atoms with Gasteiger partial charge in [-0.1, -0.05) is 122 Å². The van der Waals surface area contributed by atoms with E-state index in [-0.39, 0.29) is 38.9 Å². The molecule has 0 fully saturated rings. The summed E-state index contributed by atoms with van der Waals surface area (Å²) in [6.45, 7) is 5.89. The maximum atomic E-state index is 12.5. The van der Waals surface area contributed by atoms with E-state index in [4.69, 9.17) is 25.8 Å². The Bertz CT molecular complexity index is 4450. The number of rotatable bonds is 8. The van der Waals surface area contributed by atoms with Gasteiger partial charge in [-0.05, 0) is 29.5 Å². The number of hydrogen-bond acceptors (Lipinski definition) is 17. The SMILES string of the molecule is C#C/C(O)=C(O)\C(O)=C1/Cc2c(-c3cccc4c(=C/C)/c(=C(\C=C)c5nc(-c6ccccc6)nc(-c6ccc(-c7ccccc7)cc6)n5)oc34)c(O)c(O)c3c2c2c1c(O)c(O)c(O)c2n3-c1c(O)c(O)c(O)c(O)c1O.